The van der Waals surface area contributed by atoms with Crippen molar-refractivity contribution in [1.29, 1.82) is 0 Å². The summed E-state index contributed by atoms with van der Waals surface area (Å²) in [5, 5.41) is 11.5. The molecule has 0 saturated carbocycles. The van der Waals surface area contributed by atoms with Gasteiger partial charge in [-0.15, -0.1) is 0 Å². The van der Waals surface area contributed by atoms with E-state index in [4.69, 9.17) is 5.21 Å². The van der Waals surface area contributed by atoms with E-state index in [9.17, 15) is 0 Å². The average Bonchev–Trinajstić information content (AvgIpc) is 2.58. The lowest BCUT2D eigenvalue weighted by Crippen LogP contribution is -2.25. The summed E-state index contributed by atoms with van der Waals surface area (Å²) in [4.78, 5) is 6.85. The molecule has 92 valence electrons. The smallest absolute Gasteiger partial charge is 0.131 e. The molecule has 4 heteroatoms. The summed E-state index contributed by atoms with van der Waals surface area (Å²) in [6.45, 7) is 4.25. The molecular weight excluding hydrogens is 214 g/mol. The van der Waals surface area contributed by atoms with E-state index in [1.807, 2.05) is 6.07 Å². The molecule has 1 aromatic rings. The summed E-state index contributed by atoms with van der Waals surface area (Å²) in [7, 11) is 0. The van der Waals surface area contributed by atoms with Gasteiger partial charge in [-0.3, -0.25) is 0 Å². The standard InChI is InChI=1S/C13H19N3O/c1-11-8-12(10-15-17)9-14-13(11)16-6-4-2-3-5-7-16/h8-10,17H,2-7H2,1H3/b15-10+. The first-order chi connectivity index (χ1) is 8.31. The first kappa shape index (κ1) is 11.9. The summed E-state index contributed by atoms with van der Waals surface area (Å²) in [5.74, 6) is 1.07. The van der Waals surface area contributed by atoms with E-state index in [0.717, 1.165) is 30.0 Å². The zero-order valence-corrected chi connectivity index (χ0v) is 10.3. The van der Waals surface area contributed by atoms with Crippen molar-refractivity contribution in [1.82, 2.24) is 4.98 Å². The van der Waals surface area contributed by atoms with Crippen molar-refractivity contribution in [3.05, 3.63) is 23.4 Å². The van der Waals surface area contributed by atoms with E-state index < -0.39 is 0 Å². The monoisotopic (exact) mass is 233 g/mol. The van der Waals surface area contributed by atoms with E-state index in [0.29, 0.717) is 0 Å². The van der Waals surface area contributed by atoms with Gasteiger partial charge in [-0.25, -0.2) is 4.98 Å². The van der Waals surface area contributed by atoms with Gasteiger partial charge in [0.1, 0.15) is 5.82 Å². The zero-order valence-electron chi connectivity index (χ0n) is 10.3. The molecule has 17 heavy (non-hydrogen) atoms. The minimum absolute atomic E-state index is 0.837. The topological polar surface area (TPSA) is 48.7 Å². The second kappa shape index (κ2) is 5.66. The Morgan fingerprint density at radius 2 is 2.00 bits per heavy atom. The molecule has 1 N–H and O–H groups in total. The molecule has 4 nitrogen and oxygen atoms in total. The van der Waals surface area contributed by atoms with Gasteiger partial charge in [0.2, 0.25) is 0 Å². The fourth-order valence-electron chi connectivity index (χ4n) is 2.34. The molecule has 0 atom stereocenters. The van der Waals surface area contributed by atoms with Crippen LogP contribution in [0.15, 0.2) is 17.4 Å². The average molecular weight is 233 g/mol. The number of hydrogen-bond acceptors (Lipinski definition) is 4. The molecule has 1 saturated heterocycles. The van der Waals surface area contributed by atoms with Gasteiger partial charge in [0, 0.05) is 24.8 Å². The second-order valence-electron chi connectivity index (χ2n) is 4.55. The Balaban J connectivity index is 2.19. The fourth-order valence-corrected chi connectivity index (χ4v) is 2.34. The molecule has 0 spiro atoms. The predicted molar refractivity (Wildman–Crippen MR) is 69.0 cm³/mol. The van der Waals surface area contributed by atoms with Gasteiger partial charge in [-0.2, -0.15) is 0 Å². The maximum atomic E-state index is 8.50. The van der Waals surface area contributed by atoms with Crippen LogP contribution in [0.3, 0.4) is 0 Å². The summed E-state index contributed by atoms with van der Waals surface area (Å²) in [5.41, 5.74) is 1.98. The van der Waals surface area contributed by atoms with Crippen molar-refractivity contribution < 1.29 is 5.21 Å². The maximum Gasteiger partial charge on any atom is 0.131 e. The minimum Gasteiger partial charge on any atom is -0.411 e. The Bertz CT molecular complexity index is 396. The lowest BCUT2D eigenvalue weighted by Gasteiger charge is -2.23. The van der Waals surface area contributed by atoms with Gasteiger partial charge in [0.05, 0.1) is 6.21 Å². The van der Waals surface area contributed by atoms with Gasteiger partial charge in [-0.1, -0.05) is 18.0 Å². The summed E-state index contributed by atoms with van der Waals surface area (Å²) in [6.07, 6.45) is 8.32. The maximum absolute atomic E-state index is 8.50. The summed E-state index contributed by atoms with van der Waals surface area (Å²) < 4.78 is 0. The number of hydrogen-bond donors (Lipinski definition) is 1. The highest BCUT2D eigenvalue weighted by Crippen LogP contribution is 2.21. The lowest BCUT2D eigenvalue weighted by atomic mass is 10.2. The number of aromatic nitrogens is 1. The van der Waals surface area contributed by atoms with E-state index in [1.165, 1.54) is 31.9 Å². The van der Waals surface area contributed by atoms with E-state index in [1.54, 1.807) is 6.20 Å². The molecule has 2 rings (SSSR count). The van der Waals surface area contributed by atoms with Crippen LogP contribution in [0.2, 0.25) is 0 Å². The molecule has 0 unspecified atom stereocenters. The molecule has 0 amide bonds. The zero-order chi connectivity index (χ0) is 12.1. The highest BCUT2D eigenvalue weighted by Gasteiger charge is 2.13. The number of oxime groups is 1. The van der Waals surface area contributed by atoms with Crippen molar-refractivity contribution in [3.63, 3.8) is 0 Å². The van der Waals surface area contributed by atoms with Crippen molar-refractivity contribution >= 4 is 12.0 Å². The van der Waals surface area contributed by atoms with Gasteiger partial charge < -0.3 is 10.1 Å². The lowest BCUT2D eigenvalue weighted by molar-refractivity contribution is 0.322. The number of pyridine rings is 1. The molecule has 0 aliphatic carbocycles. The van der Waals surface area contributed by atoms with Gasteiger partial charge in [-0.05, 0) is 31.4 Å². The van der Waals surface area contributed by atoms with E-state index in [2.05, 4.69) is 22.0 Å². The van der Waals surface area contributed by atoms with Gasteiger partial charge >= 0.3 is 0 Å². The predicted octanol–water partition coefficient (Wildman–Crippen LogP) is 2.58. The van der Waals surface area contributed by atoms with Crippen molar-refractivity contribution in [2.45, 2.75) is 32.6 Å². The third kappa shape index (κ3) is 2.96. The van der Waals surface area contributed by atoms with Gasteiger partial charge in [0.25, 0.3) is 0 Å². The number of aryl methyl sites for hydroxylation is 1. The summed E-state index contributed by atoms with van der Waals surface area (Å²) in [6, 6.07) is 2.01. The number of anilines is 1. The Morgan fingerprint density at radius 1 is 1.29 bits per heavy atom. The largest absolute Gasteiger partial charge is 0.411 e. The molecule has 1 fully saturated rings. The molecule has 1 aliphatic rings. The Kier molecular flexibility index (Phi) is 3.96. The Hall–Kier alpha value is -1.58. The first-order valence-corrected chi connectivity index (χ1v) is 6.20. The van der Waals surface area contributed by atoms with Crippen LogP contribution in [0.5, 0.6) is 0 Å². The van der Waals surface area contributed by atoms with Gasteiger partial charge in [0.15, 0.2) is 0 Å². The van der Waals surface area contributed by atoms with E-state index in [-0.39, 0.29) is 0 Å². The quantitative estimate of drug-likeness (QED) is 0.485. The molecule has 2 heterocycles. The Labute approximate surface area is 102 Å². The normalized spacial score (nSPS) is 17.4. The van der Waals surface area contributed by atoms with Crippen LogP contribution in [0.4, 0.5) is 5.82 Å². The van der Waals surface area contributed by atoms with Crippen LogP contribution in [0.25, 0.3) is 0 Å². The van der Waals surface area contributed by atoms with Crippen LogP contribution in [0, 0.1) is 6.92 Å². The molecule has 1 aliphatic heterocycles. The highest BCUT2D eigenvalue weighted by molar-refractivity contribution is 5.79. The van der Waals surface area contributed by atoms with E-state index >= 15 is 0 Å². The fraction of sp³-hybridized carbons (Fsp3) is 0.538. The third-order valence-electron chi connectivity index (χ3n) is 3.18. The van der Waals surface area contributed by atoms with Crippen molar-refractivity contribution in [2.24, 2.45) is 5.16 Å². The van der Waals surface area contributed by atoms with Crippen LogP contribution < -0.4 is 4.90 Å². The first-order valence-electron chi connectivity index (χ1n) is 6.20. The SMILES string of the molecule is Cc1cc(/C=N/O)cnc1N1CCCCCC1. The van der Waals surface area contributed by atoms with Crippen molar-refractivity contribution in [3.8, 4) is 0 Å². The Morgan fingerprint density at radius 3 is 2.59 bits per heavy atom. The number of rotatable bonds is 2. The minimum atomic E-state index is 0.837. The molecule has 0 bridgehead atoms. The van der Waals surface area contributed by atoms with Crippen LogP contribution in [0.1, 0.15) is 36.8 Å². The van der Waals surface area contributed by atoms with Crippen LogP contribution >= 0.6 is 0 Å². The summed E-state index contributed by atoms with van der Waals surface area (Å²) >= 11 is 0. The highest BCUT2D eigenvalue weighted by atomic mass is 16.4. The molecule has 0 radical (unpaired) electrons. The van der Waals surface area contributed by atoms with Crippen molar-refractivity contribution in [2.75, 3.05) is 18.0 Å². The molecular formula is C13H19N3O. The molecule has 0 aromatic carbocycles. The van der Waals surface area contributed by atoms with Crippen LogP contribution in [-0.2, 0) is 0 Å². The second-order valence-corrected chi connectivity index (χ2v) is 4.55. The third-order valence-corrected chi connectivity index (χ3v) is 3.18. The van der Waals surface area contributed by atoms with Crippen LogP contribution in [-0.4, -0.2) is 29.5 Å². The number of nitrogens with zero attached hydrogens (tertiary/aromatic N) is 3. The molecule has 1 aromatic heterocycles.